The molecule has 0 bridgehead atoms. The average Bonchev–Trinajstić information content (AvgIpc) is 3.27. The van der Waals surface area contributed by atoms with Crippen molar-refractivity contribution in [1.82, 2.24) is 37.2 Å². The van der Waals surface area contributed by atoms with Gasteiger partial charge < -0.3 is 63.6 Å². The summed E-state index contributed by atoms with van der Waals surface area (Å²) in [6.45, 7) is 13.5. The van der Waals surface area contributed by atoms with Crippen LogP contribution in [0.3, 0.4) is 0 Å². The van der Waals surface area contributed by atoms with Gasteiger partial charge in [0, 0.05) is 26.0 Å². The van der Waals surface area contributed by atoms with Crippen LogP contribution in [0.15, 0.2) is 71.4 Å². The van der Waals surface area contributed by atoms with E-state index in [4.69, 9.17) is 16.2 Å². The van der Waals surface area contributed by atoms with Gasteiger partial charge in [-0.05, 0) is 57.4 Å². The lowest BCUT2D eigenvalue weighted by molar-refractivity contribution is -0.144. The second-order valence-corrected chi connectivity index (χ2v) is 17.4. The van der Waals surface area contributed by atoms with Gasteiger partial charge in [-0.2, -0.15) is 0 Å². The molecule has 0 saturated carbocycles. The van der Waals surface area contributed by atoms with Crippen LogP contribution in [-0.4, -0.2) is 125 Å². The second-order valence-electron chi connectivity index (χ2n) is 17.4. The Bertz CT molecular complexity index is 2090. The molecular weight excluding hydrogens is 897 g/mol. The monoisotopic (exact) mass is 967 g/mol. The number of guanidine groups is 1. The van der Waals surface area contributed by atoms with Gasteiger partial charge >= 0.3 is 11.9 Å². The number of aliphatic imine (C=N–C) groups is 1. The number of amides is 7. The SMILES string of the molecule is C=C1NC(=O)CC[C@H](C(=O)O)NC(=O)[C@@H](C)[C@H](/C=C/C(C)=C/[C@H](C)[C@H](Cc2ccccc2)OC)NC(=O)[C@H](CCCN=C(N)N)NC(=O)C[C@H](C(=O)O)NC(=O)[C@H](CC(C)C)NC(=O)[C@@H](C)NC1=O. The third-order valence-electron chi connectivity index (χ3n) is 11.0. The molecule has 1 heterocycles. The number of aliphatic carboxylic acids is 2. The van der Waals surface area contributed by atoms with Gasteiger partial charge in [0.25, 0.3) is 5.91 Å². The number of nitrogens with two attached hydrogens (primary N) is 2. The van der Waals surface area contributed by atoms with Gasteiger partial charge in [0.15, 0.2) is 5.96 Å². The fourth-order valence-electron chi connectivity index (χ4n) is 7.09. The standard InChI is InChI=1S/C47H70N10O12/c1-25(2)21-35-44(64)57-36(46(67)68)24-39(59)53-33(15-12-20-50-47(48)49)43(63)54-32(17-16-26(3)22-27(4)37(69-8)23-31-13-10-9-11-14-31)28(5)40(60)55-34(45(65)66)18-19-38(58)51-29(6)41(61)52-30(7)42(62)56-35/h9-11,13-14,16-17,22,25,27-28,30,32-37H,6,12,15,18-21,23-24H2,1-5,7-8H3,(H,51,58)(H,52,61)(H,53,59)(H,54,63)(H,55,60)(H,56,62)(H,57,64)(H,65,66)(H,67,68)(H4,48,49,50)/b17-16+,26-22+/t27-,28-,30+,32-,33-,34+,35-,36+,37-/m0/s1. The van der Waals surface area contributed by atoms with Crippen molar-refractivity contribution in [2.24, 2.45) is 34.2 Å². The Morgan fingerprint density at radius 3 is 2.06 bits per heavy atom. The van der Waals surface area contributed by atoms with E-state index in [0.29, 0.717) is 12.0 Å². The van der Waals surface area contributed by atoms with Gasteiger partial charge in [-0.1, -0.05) is 88.4 Å². The van der Waals surface area contributed by atoms with E-state index < -0.39 is 120 Å². The van der Waals surface area contributed by atoms with E-state index >= 15 is 0 Å². The minimum atomic E-state index is -1.85. The van der Waals surface area contributed by atoms with E-state index in [1.54, 1.807) is 34.0 Å². The summed E-state index contributed by atoms with van der Waals surface area (Å²) in [6, 6.07) is 1.06. The molecule has 0 radical (unpaired) electrons. The molecule has 22 nitrogen and oxygen atoms in total. The molecule has 0 unspecified atom stereocenters. The number of carbonyl (C=O) groups is 9. The molecule has 1 saturated heterocycles. The molecule has 1 aliphatic rings. The molecule has 1 aromatic carbocycles. The number of ether oxygens (including phenoxy) is 1. The molecule has 0 aliphatic carbocycles. The molecule has 1 fully saturated rings. The van der Waals surface area contributed by atoms with E-state index in [1.807, 2.05) is 43.3 Å². The lowest BCUT2D eigenvalue weighted by Gasteiger charge is -2.27. The maximum absolute atomic E-state index is 14.2. The highest BCUT2D eigenvalue weighted by atomic mass is 16.5. The summed E-state index contributed by atoms with van der Waals surface area (Å²) in [6.07, 6.45) is 3.74. The van der Waals surface area contributed by atoms with Crippen molar-refractivity contribution >= 4 is 59.2 Å². The molecule has 13 N–H and O–H groups in total. The van der Waals surface area contributed by atoms with Crippen molar-refractivity contribution in [3.05, 3.63) is 72.0 Å². The quantitative estimate of drug-likeness (QED) is 0.0364. The number of hydrogen-bond donors (Lipinski definition) is 11. The van der Waals surface area contributed by atoms with Crippen LogP contribution in [0.4, 0.5) is 0 Å². The summed E-state index contributed by atoms with van der Waals surface area (Å²) < 4.78 is 5.80. The van der Waals surface area contributed by atoms with Crippen molar-refractivity contribution in [2.45, 2.75) is 129 Å². The van der Waals surface area contributed by atoms with Crippen LogP contribution in [0, 0.1) is 17.8 Å². The van der Waals surface area contributed by atoms with Crippen LogP contribution in [0.5, 0.6) is 0 Å². The molecule has 380 valence electrons. The topological polar surface area (TPSA) is 352 Å². The Morgan fingerprint density at radius 2 is 1.46 bits per heavy atom. The number of allylic oxidation sites excluding steroid dienone is 2. The van der Waals surface area contributed by atoms with Gasteiger partial charge in [0.2, 0.25) is 35.4 Å². The van der Waals surface area contributed by atoms with Crippen LogP contribution in [0.1, 0.15) is 85.6 Å². The summed E-state index contributed by atoms with van der Waals surface area (Å²) in [5.74, 6) is -11.2. The zero-order valence-electron chi connectivity index (χ0n) is 40.3. The van der Waals surface area contributed by atoms with Gasteiger partial charge in [-0.15, -0.1) is 0 Å². The average molecular weight is 967 g/mol. The molecule has 0 aromatic heterocycles. The van der Waals surface area contributed by atoms with E-state index in [-0.39, 0.29) is 49.7 Å². The number of carboxylic acid groups (broad SMARTS) is 2. The highest BCUT2D eigenvalue weighted by Gasteiger charge is 2.34. The first-order valence-corrected chi connectivity index (χ1v) is 22.7. The van der Waals surface area contributed by atoms with E-state index in [2.05, 4.69) is 48.8 Å². The first-order chi connectivity index (χ1) is 32.4. The summed E-state index contributed by atoms with van der Waals surface area (Å²) in [5.41, 5.74) is 12.2. The first-order valence-electron chi connectivity index (χ1n) is 22.7. The molecule has 69 heavy (non-hydrogen) atoms. The Labute approximate surface area is 402 Å². The van der Waals surface area contributed by atoms with Crippen molar-refractivity contribution < 1.29 is 58.1 Å². The predicted molar refractivity (Wildman–Crippen MR) is 255 cm³/mol. The Hall–Kier alpha value is -7.10. The fourth-order valence-corrected chi connectivity index (χ4v) is 7.09. The summed E-state index contributed by atoms with van der Waals surface area (Å²) in [4.78, 5) is 123. The van der Waals surface area contributed by atoms with E-state index in [9.17, 15) is 53.4 Å². The van der Waals surface area contributed by atoms with Crippen LogP contribution in [0.25, 0.3) is 0 Å². The number of methoxy groups -OCH3 is 1. The van der Waals surface area contributed by atoms with Gasteiger partial charge in [0.1, 0.15) is 30.2 Å². The summed E-state index contributed by atoms with van der Waals surface area (Å²) in [5, 5.41) is 37.2. The Kier molecular flexibility index (Phi) is 24.3. The van der Waals surface area contributed by atoms with Crippen LogP contribution in [0.2, 0.25) is 0 Å². The first kappa shape index (κ1) is 58.0. The number of benzene rings is 1. The lowest BCUT2D eigenvalue weighted by atomic mass is 9.94. The maximum Gasteiger partial charge on any atom is 0.326 e. The van der Waals surface area contributed by atoms with Crippen LogP contribution < -0.4 is 48.7 Å². The van der Waals surface area contributed by atoms with Crippen LogP contribution in [-0.2, 0) is 54.3 Å². The van der Waals surface area contributed by atoms with Crippen molar-refractivity contribution in [3.63, 3.8) is 0 Å². The van der Waals surface area contributed by atoms with Gasteiger partial charge in [-0.25, -0.2) is 9.59 Å². The Balaban J connectivity index is 2.66. The second kappa shape index (κ2) is 28.9. The number of nitrogens with zero attached hydrogens (tertiary/aromatic N) is 1. The summed E-state index contributed by atoms with van der Waals surface area (Å²) >= 11 is 0. The van der Waals surface area contributed by atoms with Gasteiger partial charge in [-0.3, -0.25) is 38.6 Å². The largest absolute Gasteiger partial charge is 0.480 e. The normalized spacial score (nSPS) is 24.5. The minimum absolute atomic E-state index is 0.0105. The highest BCUT2D eigenvalue weighted by molar-refractivity contribution is 6.00. The smallest absolute Gasteiger partial charge is 0.326 e. The van der Waals surface area contributed by atoms with Crippen LogP contribution >= 0.6 is 0 Å². The number of carbonyl (C=O) groups excluding carboxylic acids is 7. The maximum atomic E-state index is 14.2. The third kappa shape index (κ3) is 21.2. The van der Waals surface area contributed by atoms with Crippen molar-refractivity contribution in [3.8, 4) is 0 Å². The highest BCUT2D eigenvalue weighted by Crippen LogP contribution is 2.18. The number of carboxylic acids is 2. The predicted octanol–water partition coefficient (Wildman–Crippen LogP) is 0.0302. The molecule has 22 heteroatoms. The zero-order valence-corrected chi connectivity index (χ0v) is 40.3. The number of hydrogen-bond acceptors (Lipinski definition) is 11. The minimum Gasteiger partial charge on any atom is -0.480 e. The molecule has 2 rings (SSSR count). The molecule has 1 aliphatic heterocycles. The zero-order chi connectivity index (χ0) is 52.0. The van der Waals surface area contributed by atoms with Gasteiger partial charge in [0.05, 0.1) is 30.2 Å². The van der Waals surface area contributed by atoms with Crippen molar-refractivity contribution in [1.29, 1.82) is 0 Å². The molecule has 0 spiro atoms. The summed E-state index contributed by atoms with van der Waals surface area (Å²) in [7, 11) is 1.61. The lowest BCUT2D eigenvalue weighted by Crippen LogP contribution is -2.57. The van der Waals surface area contributed by atoms with Crippen molar-refractivity contribution in [2.75, 3.05) is 13.7 Å². The number of nitrogens with one attached hydrogen (secondary N) is 7. The third-order valence-corrected chi connectivity index (χ3v) is 11.0. The molecular formula is C47H70N10O12. The fraction of sp³-hybridized carbons (Fsp3) is 0.532. The molecule has 7 amide bonds. The molecule has 9 atom stereocenters. The Morgan fingerprint density at radius 1 is 0.841 bits per heavy atom. The van der Waals surface area contributed by atoms with E-state index in [0.717, 1.165) is 5.56 Å². The van der Waals surface area contributed by atoms with E-state index in [1.165, 1.54) is 19.9 Å². The number of rotatable bonds is 15. The molecule has 1 aromatic rings.